The minimum Gasteiger partial charge on any atom is -0.492 e. The van der Waals surface area contributed by atoms with E-state index >= 15 is 0 Å². The molecule has 0 saturated heterocycles. The number of ether oxygens (including phenoxy) is 1. The van der Waals surface area contributed by atoms with Crippen LogP contribution < -0.4 is 10.5 Å². The van der Waals surface area contributed by atoms with Gasteiger partial charge in [-0.15, -0.1) is 11.8 Å². The molecule has 0 radical (unpaired) electrons. The van der Waals surface area contributed by atoms with Crippen molar-refractivity contribution in [1.29, 1.82) is 0 Å². The van der Waals surface area contributed by atoms with Crippen LogP contribution in [0.3, 0.4) is 0 Å². The lowest BCUT2D eigenvalue weighted by molar-refractivity contribution is 0.338. The van der Waals surface area contributed by atoms with Crippen molar-refractivity contribution in [2.75, 3.05) is 12.9 Å². The zero-order valence-electron chi connectivity index (χ0n) is 11.2. The van der Waals surface area contributed by atoms with Gasteiger partial charge in [0.2, 0.25) is 0 Å². The molecule has 100 valence electrons. The summed E-state index contributed by atoms with van der Waals surface area (Å²) >= 11 is 1.70. The molecule has 1 atom stereocenters. The van der Waals surface area contributed by atoms with Gasteiger partial charge < -0.3 is 10.5 Å². The van der Waals surface area contributed by atoms with E-state index in [-0.39, 0.29) is 6.04 Å². The second kappa shape index (κ2) is 6.59. The first-order valence-electron chi connectivity index (χ1n) is 6.22. The molecule has 0 saturated carbocycles. The van der Waals surface area contributed by atoms with Crippen LogP contribution in [0.1, 0.15) is 24.1 Å². The zero-order valence-corrected chi connectivity index (χ0v) is 12.0. The first-order chi connectivity index (χ1) is 9.26. The van der Waals surface area contributed by atoms with E-state index in [4.69, 9.17) is 10.5 Å². The lowest BCUT2D eigenvalue weighted by atomic mass is 10.0. The molecule has 0 spiro atoms. The first-order valence-corrected chi connectivity index (χ1v) is 7.45. The molecule has 1 aromatic heterocycles. The highest BCUT2D eigenvalue weighted by Gasteiger charge is 2.13. The monoisotopic (exact) mass is 274 g/mol. The normalized spacial score (nSPS) is 12.2. The van der Waals surface area contributed by atoms with Gasteiger partial charge in [0.1, 0.15) is 5.75 Å². The van der Waals surface area contributed by atoms with E-state index in [2.05, 4.69) is 23.4 Å². The molecular weight excluding hydrogens is 256 g/mol. The van der Waals surface area contributed by atoms with Crippen LogP contribution in [0.2, 0.25) is 0 Å². The smallest absolute Gasteiger partial charge is 0.137 e. The maximum atomic E-state index is 6.35. The Kier molecular flexibility index (Phi) is 4.82. The van der Waals surface area contributed by atoms with Crippen molar-refractivity contribution in [2.45, 2.75) is 17.9 Å². The molecule has 2 rings (SSSR count). The Morgan fingerprint density at radius 3 is 2.84 bits per heavy atom. The Bertz CT molecular complexity index is 545. The van der Waals surface area contributed by atoms with Gasteiger partial charge in [0.15, 0.2) is 0 Å². The number of benzene rings is 1. The van der Waals surface area contributed by atoms with Crippen molar-refractivity contribution in [2.24, 2.45) is 5.73 Å². The third kappa shape index (κ3) is 3.28. The average Bonchev–Trinajstić information content (AvgIpc) is 2.47. The fourth-order valence-corrected chi connectivity index (χ4v) is 2.60. The molecule has 0 aliphatic heterocycles. The minimum absolute atomic E-state index is 0.184. The zero-order chi connectivity index (χ0) is 13.7. The number of hydrogen-bond acceptors (Lipinski definition) is 4. The Balaban J connectivity index is 2.32. The van der Waals surface area contributed by atoms with E-state index < -0.39 is 0 Å². The van der Waals surface area contributed by atoms with Gasteiger partial charge in [0, 0.05) is 11.1 Å². The molecule has 0 aliphatic carbocycles. The fourth-order valence-electron chi connectivity index (χ4n) is 1.95. The molecule has 2 aromatic rings. The summed E-state index contributed by atoms with van der Waals surface area (Å²) in [5.74, 6) is 0.761. The van der Waals surface area contributed by atoms with Gasteiger partial charge in [0.25, 0.3) is 0 Å². The molecule has 3 nitrogen and oxygen atoms in total. The summed E-state index contributed by atoms with van der Waals surface area (Å²) in [5, 5.41) is 0. The summed E-state index contributed by atoms with van der Waals surface area (Å²) in [4.78, 5) is 5.39. The third-order valence-electron chi connectivity index (χ3n) is 2.88. The number of hydrogen-bond donors (Lipinski definition) is 1. The van der Waals surface area contributed by atoms with Crippen LogP contribution in [-0.4, -0.2) is 17.8 Å². The number of aromatic nitrogens is 1. The lowest BCUT2D eigenvalue weighted by Crippen LogP contribution is -2.13. The molecule has 2 N–H and O–H groups in total. The molecule has 0 amide bonds. The highest BCUT2D eigenvalue weighted by atomic mass is 32.2. The van der Waals surface area contributed by atoms with Crippen LogP contribution in [0.25, 0.3) is 0 Å². The summed E-state index contributed by atoms with van der Waals surface area (Å²) < 4.78 is 5.47. The SMILES string of the molecule is CCOc1cncc(C(N)c2ccccc2SC)c1. The maximum absolute atomic E-state index is 6.35. The van der Waals surface area contributed by atoms with E-state index in [9.17, 15) is 0 Å². The molecule has 0 bridgehead atoms. The van der Waals surface area contributed by atoms with Gasteiger partial charge in [-0.05, 0) is 36.4 Å². The molecule has 1 aromatic carbocycles. The van der Waals surface area contributed by atoms with Crippen LogP contribution in [-0.2, 0) is 0 Å². The third-order valence-corrected chi connectivity index (χ3v) is 3.69. The van der Waals surface area contributed by atoms with Gasteiger partial charge in [-0.3, -0.25) is 4.98 Å². The first kappa shape index (κ1) is 13.9. The van der Waals surface area contributed by atoms with Crippen molar-refractivity contribution in [1.82, 2.24) is 4.98 Å². The average molecular weight is 274 g/mol. The summed E-state index contributed by atoms with van der Waals surface area (Å²) in [6.07, 6.45) is 5.56. The highest BCUT2D eigenvalue weighted by Crippen LogP contribution is 2.29. The van der Waals surface area contributed by atoms with E-state index in [1.54, 1.807) is 24.2 Å². The van der Waals surface area contributed by atoms with Gasteiger partial charge in [0.05, 0.1) is 18.8 Å². The molecule has 0 fully saturated rings. The number of nitrogens with two attached hydrogens (primary N) is 1. The van der Waals surface area contributed by atoms with E-state index in [0.29, 0.717) is 6.61 Å². The number of pyridine rings is 1. The predicted octanol–water partition coefficient (Wildman–Crippen LogP) is 3.25. The van der Waals surface area contributed by atoms with Crippen LogP contribution in [0.5, 0.6) is 5.75 Å². The van der Waals surface area contributed by atoms with Crippen LogP contribution in [0.4, 0.5) is 0 Å². The number of rotatable bonds is 5. The van der Waals surface area contributed by atoms with Crippen LogP contribution in [0.15, 0.2) is 47.6 Å². The highest BCUT2D eigenvalue weighted by molar-refractivity contribution is 7.98. The van der Waals surface area contributed by atoms with Gasteiger partial charge in [-0.2, -0.15) is 0 Å². The number of nitrogens with zero attached hydrogens (tertiary/aromatic N) is 1. The summed E-state index contributed by atoms with van der Waals surface area (Å²) in [7, 11) is 0. The van der Waals surface area contributed by atoms with E-state index in [0.717, 1.165) is 16.9 Å². The maximum Gasteiger partial charge on any atom is 0.137 e. The van der Waals surface area contributed by atoms with Gasteiger partial charge >= 0.3 is 0 Å². The largest absolute Gasteiger partial charge is 0.492 e. The predicted molar refractivity (Wildman–Crippen MR) is 79.7 cm³/mol. The second-order valence-electron chi connectivity index (χ2n) is 4.11. The van der Waals surface area contributed by atoms with Crippen molar-refractivity contribution in [3.8, 4) is 5.75 Å². The second-order valence-corrected chi connectivity index (χ2v) is 4.95. The molecule has 1 unspecified atom stereocenters. The van der Waals surface area contributed by atoms with Crippen molar-refractivity contribution in [3.63, 3.8) is 0 Å². The molecule has 0 aliphatic rings. The van der Waals surface area contributed by atoms with Gasteiger partial charge in [-0.1, -0.05) is 18.2 Å². The quantitative estimate of drug-likeness (QED) is 0.850. The Labute approximate surface area is 118 Å². The molecule has 1 heterocycles. The summed E-state index contributed by atoms with van der Waals surface area (Å²) in [5.41, 5.74) is 8.43. The van der Waals surface area contributed by atoms with Gasteiger partial charge in [-0.25, -0.2) is 0 Å². The Hall–Kier alpha value is -1.52. The van der Waals surface area contributed by atoms with Crippen LogP contribution in [0, 0.1) is 0 Å². The van der Waals surface area contributed by atoms with Crippen molar-refractivity contribution in [3.05, 3.63) is 53.9 Å². The minimum atomic E-state index is -0.184. The molecule has 19 heavy (non-hydrogen) atoms. The molecular formula is C15H18N2OS. The summed E-state index contributed by atoms with van der Waals surface area (Å²) in [6, 6.07) is 9.95. The summed E-state index contributed by atoms with van der Waals surface area (Å²) in [6.45, 7) is 2.58. The topological polar surface area (TPSA) is 48.1 Å². The van der Waals surface area contributed by atoms with Crippen molar-refractivity contribution >= 4 is 11.8 Å². The fraction of sp³-hybridized carbons (Fsp3) is 0.267. The van der Waals surface area contributed by atoms with E-state index in [1.807, 2.05) is 25.1 Å². The Morgan fingerprint density at radius 1 is 1.32 bits per heavy atom. The Morgan fingerprint density at radius 2 is 2.11 bits per heavy atom. The van der Waals surface area contributed by atoms with Crippen molar-refractivity contribution < 1.29 is 4.74 Å². The lowest BCUT2D eigenvalue weighted by Gasteiger charge is -2.16. The standard InChI is InChI=1S/C15H18N2OS/c1-3-18-12-8-11(9-17-10-12)15(16)13-6-4-5-7-14(13)19-2/h4-10,15H,3,16H2,1-2H3. The van der Waals surface area contributed by atoms with Crippen LogP contribution >= 0.6 is 11.8 Å². The van der Waals surface area contributed by atoms with E-state index in [1.165, 1.54) is 4.90 Å². The molecule has 4 heteroatoms. The number of thioether (sulfide) groups is 1.